The van der Waals surface area contributed by atoms with E-state index in [9.17, 15) is 13.2 Å². The Morgan fingerprint density at radius 2 is 1.65 bits per heavy atom. The van der Waals surface area contributed by atoms with Crippen LogP contribution in [0.4, 0.5) is 0 Å². The number of carbonyl (C=O) groups is 1. The maximum absolute atomic E-state index is 12.4. The molecular weight excluding hydrogens is 395 g/mol. The first-order chi connectivity index (χ1) is 12.1. The summed E-state index contributed by atoms with van der Waals surface area (Å²) in [5.74, 6) is -0.246. The molecule has 1 amide bonds. The number of likely N-dealkylation sites (N-methyl/N-ethyl adjacent to an activating group) is 1. The van der Waals surface area contributed by atoms with Crippen LogP contribution in [-0.4, -0.2) is 26.3 Å². The highest BCUT2D eigenvalue weighted by Crippen LogP contribution is 2.26. The summed E-state index contributed by atoms with van der Waals surface area (Å²) in [5.41, 5.74) is 1.35. The Bertz CT molecular complexity index is 921. The highest BCUT2D eigenvalue weighted by Gasteiger charge is 2.17. The van der Waals surface area contributed by atoms with Crippen molar-refractivity contribution in [3.8, 4) is 0 Å². The molecule has 0 spiro atoms. The van der Waals surface area contributed by atoms with Crippen molar-refractivity contribution >= 4 is 45.2 Å². The molecular formula is C18H18Cl2N2O3S. The molecule has 1 unspecified atom stereocenters. The number of rotatable bonds is 5. The van der Waals surface area contributed by atoms with Crippen LogP contribution in [0, 0.1) is 0 Å². The van der Waals surface area contributed by atoms with Gasteiger partial charge in [0.25, 0.3) is 0 Å². The summed E-state index contributed by atoms with van der Waals surface area (Å²) < 4.78 is 22.6. The van der Waals surface area contributed by atoms with Crippen molar-refractivity contribution in [2.75, 3.05) is 7.05 Å². The zero-order valence-corrected chi connectivity index (χ0v) is 16.5. The molecule has 0 heterocycles. The van der Waals surface area contributed by atoms with Crippen LogP contribution in [0.25, 0.3) is 6.08 Å². The number of nitrogens with zero attached hydrogens (tertiary/aromatic N) is 1. The van der Waals surface area contributed by atoms with Crippen LogP contribution in [0.3, 0.4) is 0 Å². The molecule has 0 radical (unpaired) electrons. The van der Waals surface area contributed by atoms with E-state index in [4.69, 9.17) is 28.3 Å². The predicted octanol–water partition coefficient (Wildman–Crippen LogP) is 3.87. The van der Waals surface area contributed by atoms with Crippen molar-refractivity contribution < 1.29 is 13.2 Å². The first-order valence-electron chi connectivity index (χ1n) is 7.63. The second kappa shape index (κ2) is 8.22. The molecule has 26 heavy (non-hydrogen) atoms. The van der Waals surface area contributed by atoms with E-state index < -0.39 is 10.0 Å². The fraction of sp³-hybridized carbons (Fsp3) is 0.167. The minimum atomic E-state index is -3.75. The molecule has 2 aromatic rings. The Morgan fingerprint density at radius 1 is 1.12 bits per heavy atom. The van der Waals surface area contributed by atoms with E-state index in [0.717, 1.165) is 5.56 Å². The third kappa shape index (κ3) is 4.86. The van der Waals surface area contributed by atoms with Crippen LogP contribution in [0.15, 0.2) is 53.4 Å². The number of sulfonamides is 1. The minimum absolute atomic E-state index is 0.0238. The van der Waals surface area contributed by atoms with Crippen molar-refractivity contribution in [3.05, 3.63) is 69.7 Å². The van der Waals surface area contributed by atoms with Gasteiger partial charge in [0.1, 0.15) is 0 Å². The van der Waals surface area contributed by atoms with Gasteiger partial charge in [-0.2, -0.15) is 0 Å². The highest BCUT2D eigenvalue weighted by atomic mass is 35.5. The summed E-state index contributed by atoms with van der Waals surface area (Å²) in [4.78, 5) is 14.0. The Morgan fingerprint density at radius 3 is 2.15 bits per heavy atom. The SMILES string of the molecule is CC(c1ccc(S(N)(=O)=O)cc1)N(C)C(=O)/C=C/c1c(Cl)cccc1Cl. The number of amides is 1. The van der Waals surface area contributed by atoms with Gasteiger partial charge in [0.05, 0.1) is 10.9 Å². The second-order valence-electron chi connectivity index (χ2n) is 5.71. The van der Waals surface area contributed by atoms with Gasteiger partial charge in [-0.15, -0.1) is 0 Å². The maximum Gasteiger partial charge on any atom is 0.246 e. The predicted molar refractivity (Wildman–Crippen MR) is 104 cm³/mol. The van der Waals surface area contributed by atoms with Crippen molar-refractivity contribution in [2.45, 2.75) is 17.9 Å². The topological polar surface area (TPSA) is 80.5 Å². The maximum atomic E-state index is 12.4. The van der Waals surface area contributed by atoms with E-state index in [1.807, 2.05) is 6.92 Å². The number of primary sulfonamides is 1. The molecule has 138 valence electrons. The molecule has 5 nitrogen and oxygen atoms in total. The molecule has 2 N–H and O–H groups in total. The molecule has 2 aromatic carbocycles. The second-order valence-corrected chi connectivity index (χ2v) is 8.08. The number of nitrogens with two attached hydrogens (primary N) is 1. The molecule has 0 aliphatic heterocycles. The van der Waals surface area contributed by atoms with Gasteiger partial charge in [-0.3, -0.25) is 4.79 Å². The average Bonchev–Trinajstić information content (AvgIpc) is 2.59. The molecule has 8 heteroatoms. The molecule has 0 saturated heterocycles. The molecule has 0 saturated carbocycles. The average molecular weight is 413 g/mol. The van der Waals surface area contributed by atoms with E-state index in [-0.39, 0.29) is 16.8 Å². The van der Waals surface area contributed by atoms with Crippen LogP contribution < -0.4 is 5.14 Å². The Kier molecular flexibility index (Phi) is 6.47. The lowest BCUT2D eigenvalue weighted by Gasteiger charge is -2.24. The summed E-state index contributed by atoms with van der Waals surface area (Å²) in [5, 5.41) is 6.00. The van der Waals surface area contributed by atoms with Crippen molar-refractivity contribution in [1.29, 1.82) is 0 Å². The van der Waals surface area contributed by atoms with Gasteiger partial charge in [0, 0.05) is 28.7 Å². The number of benzene rings is 2. The van der Waals surface area contributed by atoms with Gasteiger partial charge in [-0.05, 0) is 42.8 Å². The summed E-state index contributed by atoms with van der Waals surface area (Å²) in [6.07, 6.45) is 2.96. The van der Waals surface area contributed by atoms with Crippen LogP contribution in [0.1, 0.15) is 24.1 Å². The zero-order valence-electron chi connectivity index (χ0n) is 14.2. The van der Waals surface area contributed by atoms with E-state index in [1.54, 1.807) is 43.5 Å². The highest BCUT2D eigenvalue weighted by molar-refractivity contribution is 7.89. The van der Waals surface area contributed by atoms with Crippen LogP contribution in [0.2, 0.25) is 10.0 Å². The summed E-state index contributed by atoms with van der Waals surface area (Å²) in [6, 6.07) is 10.9. The van der Waals surface area contributed by atoms with Crippen LogP contribution in [0.5, 0.6) is 0 Å². The third-order valence-electron chi connectivity index (χ3n) is 4.01. The first-order valence-corrected chi connectivity index (χ1v) is 9.93. The standard InChI is InChI=1S/C18H18Cl2N2O3S/c1-12(13-6-8-14(9-7-13)26(21,24)25)22(2)18(23)11-10-15-16(19)4-3-5-17(15)20/h3-12H,1-2H3,(H2,21,24,25)/b11-10+. The molecule has 2 rings (SSSR count). The Hall–Kier alpha value is -1.86. The summed E-state index contributed by atoms with van der Waals surface area (Å²) in [6.45, 7) is 1.83. The smallest absolute Gasteiger partial charge is 0.246 e. The van der Waals surface area contributed by atoms with Gasteiger partial charge in [-0.1, -0.05) is 41.4 Å². The molecule has 0 aliphatic carbocycles. The third-order valence-corrected chi connectivity index (χ3v) is 5.60. The van der Waals surface area contributed by atoms with Crippen molar-refractivity contribution in [2.24, 2.45) is 5.14 Å². The Labute approximate surface area is 163 Å². The molecule has 0 aromatic heterocycles. The van der Waals surface area contributed by atoms with Crippen molar-refractivity contribution in [1.82, 2.24) is 4.90 Å². The van der Waals surface area contributed by atoms with Crippen molar-refractivity contribution in [3.63, 3.8) is 0 Å². The van der Waals surface area contributed by atoms with Crippen LogP contribution >= 0.6 is 23.2 Å². The van der Waals surface area contributed by atoms with E-state index >= 15 is 0 Å². The van der Waals surface area contributed by atoms with Gasteiger partial charge in [0.15, 0.2) is 0 Å². The summed E-state index contributed by atoms with van der Waals surface area (Å²) >= 11 is 12.2. The number of hydrogen-bond donors (Lipinski definition) is 1. The fourth-order valence-electron chi connectivity index (χ4n) is 2.29. The minimum Gasteiger partial charge on any atom is -0.335 e. The Balaban J connectivity index is 2.16. The number of carbonyl (C=O) groups excluding carboxylic acids is 1. The molecule has 0 fully saturated rings. The largest absolute Gasteiger partial charge is 0.335 e. The van der Waals surface area contributed by atoms with Gasteiger partial charge < -0.3 is 4.90 Å². The van der Waals surface area contributed by atoms with Gasteiger partial charge in [-0.25, -0.2) is 13.6 Å². The number of halogens is 2. The summed E-state index contributed by atoms with van der Waals surface area (Å²) in [7, 11) is -2.09. The molecule has 0 bridgehead atoms. The first kappa shape index (κ1) is 20.5. The lowest BCUT2D eigenvalue weighted by atomic mass is 10.1. The van der Waals surface area contributed by atoms with E-state index in [0.29, 0.717) is 15.6 Å². The normalized spacial score (nSPS) is 13.0. The fourth-order valence-corrected chi connectivity index (χ4v) is 3.33. The van der Waals surface area contributed by atoms with E-state index in [1.165, 1.54) is 23.1 Å². The van der Waals surface area contributed by atoms with E-state index in [2.05, 4.69) is 0 Å². The zero-order chi connectivity index (χ0) is 19.5. The van der Waals surface area contributed by atoms with Crippen LogP contribution in [-0.2, 0) is 14.8 Å². The monoisotopic (exact) mass is 412 g/mol. The number of hydrogen-bond acceptors (Lipinski definition) is 3. The molecule has 0 aliphatic rings. The lowest BCUT2D eigenvalue weighted by molar-refractivity contribution is -0.126. The lowest BCUT2D eigenvalue weighted by Crippen LogP contribution is -2.28. The molecule has 1 atom stereocenters. The van der Waals surface area contributed by atoms with Gasteiger partial charge in [0.2, 0.25) is 15.9 Å². The van der Waals surface area contributed by atoms with Gasteiger partial charge >= 0.3 is 0 Å². The quantitative estimate of drug-likeness (QED) is 0.756.